The summed E-state index contributed by atoms with van der Waals surface area (Å²) in [5, 5.41) is 1.02. The van der Waals surface area contributed by atoms with Crippen molar-refractivity contribution in [3.05, 3.63) is 32.3 Å². The van der Waals surface area contributed by atoms with Crippen molar-refractivity contribution in [3.8, 4) is 0 Å². The molecule has 3 nitrogen and oxygen atoms in total. The Morgan fingerprint density at radius 3 is 2.50 bits per heavy atom. The summed E-state index contributed by atoms with van der Waals surface area (Å²) in [7, 11) is 0. The zero-order valence-electron chi connectivity index (χ0n) is 10.5. The molecule has 5 heteroatoms. The maximum absolute atomic E-state index is 5.72. The van der Waals surface area contributed by atoms with Crippen molar-refractivity contribution in [1.29, 1.82) is 0 Å². The SMILES string of the molecule is Cc1nc2c(Br)cc(Br)cc2c(NN)c1C(C)C. The molecule has 0 fully saturated rings. The number of halogens is 2. The lowest BCUT2D eigenvalue weighted by Crippen LogP contribution is -2.12. The number of nitrogen functional groups attached to an aromatic ring is 1. The minimum atomic E-state index is 0.366. The Hall–Kier alpha value is -0.650. The fourth-order valence-corrected chi connectivity index (χ4v) is 3.60. The zero-order valence-corrected chi connectivity index (χ0v) is 13.7. The minimum Gasteiger partial charge on any atom is -0.323 e. The second-order valence-corrected chi connectivity index (χ2v) is 6.34. The molecule has 96 valence electrons. The second kappa shape index (κ2) is 5.15. The number of hydrogen-bond acceptors (Lipinski definition) is 3. The number of aromatic nitrogens is 1. The van der Waals surface area contributed by atoms with Crippen molar-refractivity contribution >= 4 is 48.5 Å². The standard InChI is InChI=1S/C13H15Br2N3/c1-6(2)11-7(3)17-12-9(13(11)18-16)4-8(14)5-10(12)15/h4-6H,16H2,1-3H3,(H,17,18). The van der Waals surface area contributed by atoms with E-state index in [1.807, 2.05) is 19.1 Å². The van der Waals surface area contributed by atoms with Crippen LogP contribution >= 0.6 is 31.9 Å². The molecule has 18 heavy (non-hydrogen) atoms. The largest absolute Gasteiger partial charge is 0.323 e. The molecule has 3 N–H and O–H groups in total. The number of nitrogens with one attached hydrogen (secondary N) is 1. The molecule has 0 saturated carbocycles. The summed E-state index contributed by atoms with van der Waals surface area (Å²) < 4.78 is 1.96. The Bertz CT molecular complexity index is 609. The van der Waals surface area contributed by atoms with E-state index in [0.29, 0.717) is 5.92 Å². The highest BCUT2D eigenvalue weighted by molar-refractivity contribution is 9.11. The number of hydrazine groups is 1. The third kappa shape index (κ3) is 2.27. The minimum absolute atomic E-state index is 0.366. The van der Waals surface area contributed by atoms with Crippen molar-refractivity contribution in [3.63, 3.8) is 0 Å². The highest BCUT2D eigenvalue weighted by Gasteiger charge is 2.16. The van der Waals surface area contributed by atoms with Gasteiger partial charge in [-0.25, -0.2) is 0 Å². The lowest BCUT2D eigenvalue weighted by Gasteiger charge is -2.18. The summed E-state index contributed by atoms with van der Waals surface area (Å²) in [4.78, 5) is 4.68. The summed E-state index contributed by atoms with van der Waals surface area (Å²) in [6.07, 6.45) is 0. The van der Waals surface area contributed by atoms with E-state index >= 15 is 0 Å². The molecule has 0 amide bonds. The molecule has 0 atom stereocenters. The molecule has 0 bridgehead atoms. The molecule has 0 saturated heterocycles. The molecule has 0 aliphatic heterocycles. The van der Waals surface area contributed by atoms with E-state index in [9.17, 15) is 0 Å². The third-order valence-electron chi connectivity index (χ3n) is 2.96. The van der Waals surface area contributed by atoms with Crippen LogP contribution in [-0.2, 0) is 0 Å². The molecule has 2 rings (SSSR count). The summed E-state index contributed by atoms with van der Waals surface area (Å²) >= 11 is 7.05. The number of anilines is 1. The highest BCUT2D eigenvalue weighted by Crippen LogP contribution is 2.37. The number of aryl methyl sites for hydroxylation is 1. The predicted octanol–water partition coefficient (Wildman–Crippen LogP) is 4.48. The van der Waals surface area contributed by atoms with Gasteiger partial charge in [-0.3, -0.25) is 10.8 Å². The number of benzene rings is 1. The first-order valence-electron chi connectivity index (χ1n) is 5.71. The lowest BCUT2D eigenvalue weighted by atomic mass is 9.97. The third-order valence-corrected chi connectivity index (χ3v) is 4.02. The summed E-state index contributed by atoms with van der Waals surface area (Å²) in [5.74, 6) is 6.08. The molecule has 0 spiro atoms. The Kier molecular flexibility index (Phi) is 3.94. The summed E-state index contributed by atoms with van der Waals surface area (Å²) in [6, 6.07) is 4.03. The van der Waals surface area contributed by atoms with E-state index in [0.717, 1.165) is 36.8 Å². The smallest absolute Gasteiger partial charge is 0.0869 e. The van der Waals surface area contributed by atoms with E-state index in [4.69, 9.17) is 5.84 Å². The van der Waals surface area contributed by atoms with Crippen molar-refractivity contribution < 1.29 is 0 Å². The van der Waals surface area contributed by atoms with Crippen LogP contribution in [0, 0.1) is 6.92 Å². The van der Waals surface area contributed by atoms with Crippen LogP contribution < -0.4 is 11.3 Å². The van der Waals surface area contributed by atoms with E-state index in [1.165, 1.54) is 0 Å². The number of hydrogen-bond donors (Lipinski definition) is 2. The summed E-state index contributed by atoms with van der Waals surface area (Å²) in [6.45, 7) is 6.30. The molecule has 2 aromatic rings. The molecule has 0 aliphatic rings. The van der Waals surface area contributed by atoms with Crippen LogP contribution in [0.1, 0.15) is 31.0 Å². The van der Waals surface area contributed by atoms with Gasteiger partial charge in [-0.15, -0.1) is 0 Å². The maximum Gasteiger partial charge on any atom is 0.0869 e. The first-order chi connectivity index (χ1) is 8.45. The van der Waals surface area contributed by atoms with Gasteiger partial charge in [-0.2, -0.15) is 0 Å². The Labute approximate surface area is 123 Å². The normalized spacial score (nSPS) is 11.3. The lowest BCUT2D eigenvalue weighted by molar-refractivity contribution is 0.848. The number of fused-ring (bicyclic) bond motifs is 1. The van der Waals surface area contributed by atoms with Crippen molar-refractivity contribution in [2.24, 2.45) is 5.84 Å². The monoisotopic (exact) mass is 371 g/mol. The van der Waals surface area contributed by atoms with Gasteiger partial charge in [0.15, 0.2) is 0 Å². The molecule has 1 aromatic carbocycles. The number of nitrogens with two attached hydrogens (primary N) is 1. The van der Waals surface area contributed by atoms with Crippen LogP contribution in [0.4, 0.5) is 5.69 Å². The molecule has 0 unspecified atom stereocenters. The van der Waals surface area contributed by atoms with E-state index in [1.54, 1.807) is 0 Å². The average Bonchev–Trinajstić information content (AvgIpc) is 2.28. The van der Waals surface area contributed by atoms with Gasteiger partial charge >= 0.3 is 0 Å². The predicted molar refractivity (Wildman–Crippen MR) is 83.8 cm³/mol. The van der Waals surface area contributed by atoms with Gasteiger partial charge in [0.1, 0.15) is 0 Å². The average molecular weight is 373 g/mol. The summed E-state index contributed by atoms with van der Waals surface area (Å²) in [5.41, 5.74) is 6.88. The van der Waals surface area contributed by atoms with Gasteiger partial charge in [-0.1, -0.05) is 29.8 Å². The number of rotatable bonds is 2. The van der Waals surface area contributed by atoms with Crippen molar-refractivity contribution in [1.82, 2.24) is 4.98 Å². The fourth-order valence-electron chi connectivity index (χ4n) is 2.29. The molecule has 0 aliphatic carbocycles. The van der Waals surface area contributed by atoms with Gasteiger partial charge in [0.05, 0.1) is 11.2 Å². The molecular weight excluding hydrogens is 358 g/mol. The van der Waals surface area contributed by atoms with E-state index < -0.39 is 0 Å². The Morgan fingerprint density at radius 1 is 1.28 bits per heavy atom. The highest BCUT2D eigenvalue weighted by atomic mass is 79.9. The molecule has 0 radical (unpaired) electrons. The zero-order chi connectivity index (χ0) is 13.4. The molecular formula is C13H15Br2N3. The van der Waals surface area contributed by atoms with Gasteiger partial charge in [-0.05, 0) is 40.9 Å². The first kappa shape index (κ1) is 13.8. The molecule has 1 heterocycles. The van der Waals surface area contributed by atoms with Crippen molar-refractivity contribution in [2.75, 3.05) is 5.43 Å². The topological polar surface area (TPSA) is 50.9 Å². The Morgan fingerprint density at radius 2 is 1.94 bits per heavy atom. The van der Waals surface area contributed by atoms with Gasteiger partial charge in [0.2, 0.25) is 0 Å². The Balaban J connectivity index is 2.94. The van der Waals surface area contributed by atoms with Gasteiger partial charge < -0.3 is 5.43 Å². The van der Waals surface area contributed by atoms with Crippen LogP contribution in [0.2, 0.25) is 0 Å². The van der Waals surface area contributed by atoms with E-state index in [2.05, 4.69) is 56.1 Å². The van der Waals surface area contributed by atoms with Gasteiger partial charge in [0, 0.05) is 25.6 Å². The van der Waals surface area contributed by atoms with Crippen molar-refractivity contribution in [2.45, 2.75) is 26.7 Å². The first-order valence-corrected chi connectivity index (χ1v) is 7.30. The van der Waals surface area contributed by atoms with Crippen LogP contribution in [0.15, 0.2) is 21.1 Å². The van der Waals surface area contributed by atoms with Crippen LogP contribution in [0.5, 0.6) is 0 Å². The number of nitrogens with zero attached hydrogens (tertiary/aromatic N) is 1. The quantitative estimate of drug-likeness (QED) is 0.603. The second-order valence-electron chi connectivity index (χ2n) is 4.57. The van der Waals surface area contributed by atoms with Crippen LogP contribution in [0.3, 0.4) is 0 Å². The number of pyridine rings is 1. The van der Waals surface area contributed by atoms with E-state index in [-0.39, 0.29) is 0 Å². The van der Waals surface area contributed by atoms with Crippen LogP contribution in [-0.4, -0.2) is 4.98 Å². The van der Waals surface area contributed by atoms with Crippen LogP contribution in [0.25, 0.3) is 10.9 Å². The fraction of sp³-hybridized carbons (Fsp3) is 0.308. The van der Waals surface area contributed by atoms with Gasteiger partial charge in [0.25, 0.3) is 0 Å². The maximum atomic E-state index is 5.72. The molecule has 1 aromatic heterocycles.